The first-order valence-electron chi connectivity index (χ1n) is 9.42. The van der Waals surface area contributed by atoms with Crippen molar-refractivity contribution in [3.8, 4) is 12.1 Å². The largest absolute Gasteiger partial charge is 0.417 e. The van der Waals surface area contributed by atoms with E-state index in [4.69, 9.17) is 0 Å². The fraction of sp³-hybridized carbons (Fsp3) is 0.0833. The fourth-order valence-electron chi connectivity index (χ4n) is 2.84. The molecule has 3 aromatic rings. The van der Waals surface area contributed by atoms with Gasteiger partial charge in [-0.15, -0.1) is 0 Å². The maximum Gasteiger partial charge on any atom is 0.417 e. The zero-order valence-corrected chi connectivity index (χ0v) is 17.0. The van der Waals surface area contributed by atoms with Crippen LogP contribution in [-0.2, 0) is 12.4 Å². The van der Waals surface area contributed by atoms with Crippen LogP contribution in [0.3, 0.4) is 0 Å². The summed E-state index contributed by atoms with van der Waals surface area (Å²) in [4.78, 5) is 7.41. The molecule has 10 heteroatoms. The average molecular weight is 470 g/mol. The van der Waals surface area contributed by atoms with Crippen molar-refractivity contribution in [1.82, 2.24) is 9.97 Å². The zero-order chi connectivity index (χ0) is 24.9. The van der Waals surface area contributed by atoms with Crippen molar-refractivity contribution in [3.63, 3.8) is 0 Å². The predicted molar refractivity (Wildman–Crippen MR) is 112 cm³/mol. The smallest absolute Gasteiger partial charge is 0.255 e. The molecule has 0 bridgehead atoms. The maximum atomic E-state index is 12.7. The molecule has 1 aromatic carbocycles. The molecule has 0 spiro atoms. The van der Waals surface area contributed by atoms with Crippen LogP contribution in [0.4, 0.5) is 26.3 Å². The van der Waals surface area contributed by atoms with E-state index in [1.807, 2.05) is 12.1 Å². The molecule has 0 radical (unpaired) electrons. The van der Waals surface area contributed by atoms with Gasteiger partial charge in [-0.3, -0.25) is 9.97 Å². The molecule has 34 heavy (non-hydrogen) atoms. The number of pyridine rings is 2. The third kappa shape index (κ3) is 5.87. The van der Waals surface area contributed by atoms with Crippen molar-refractivity contribution in [2.24, 2.45) is 0 Å². The summed E-state index contributed by atoms with van der Waals surface area (Å²) in [6, 6.07) is 14.0. The molecule has 0 unspecified atom stereocenters. The second kappa shape index (κ2) is 9.59. The third-order valence-corrected chi connectivity index (χ3v) is 4.51. The van der Waals surface area contributed by atoms with Gasteiger partial charge in [-0.2, -0.15) is 36.9 Å². The van der Waals surface area contributed by atoms with E-state index in [9.17, 15) is 36.9 Å². The second-order valence-electron chi connectivity index (χ2n) is 6.87. The SMILES string of the molecule is N#C/C(=C\c1cccc(/C=C(\C#N)c2ccc(C(F)(F)F)cn2)c1)c1ccc(C(F)(F)F)cn1. The van der Waals surface area contributed by atoms with Gasteiger partial charge in [0, 0.05) is 12.4 Å². The van der Waals surface area contributed by atoms with Gasteiger partial charge in [-0.05, 0) is 53.6 Å². The van der Waals surface area contributed by atoms with Crippen LogP contribution in [-0.4, -0.2) is 9.97 Å². The van der Waals surface area contributed by atoms with Crippen LogP contribution in [0.2, 0.25) is 0 Å². The number of aromatic nitrogens is 2. The van der Waals surface area contributed by atoms with Crippen LogP contribution in [0.1, 0.15) is 33.6 Å². The normalized spacial score (nSPS) is 12.7. The molecule has 0 fully saturated rings. The Balaban J connectivity index is 1.91. The number of allylic oxidation sites excluding steroid dienone is 2. The number of benzene rings is 1. The maximum absolute atomic E-state index is 12.7. The van der Waals surface area contributed by atoms with Crippen LogP contribution in [0.5, 0.6) is 0 Å². The lowest BCUT2D eigenvalue weighted by molar-refractivity contribution is -0.138. The molecule has 0 amide bonds. The van der Waals surface area contributed by atoms with Crippen molar-refractivity contribution in [1.29, 1.82) is 10.5 Å². The highest BCUT2D eigenvalue weighted by Gasteiger charge is 2.31. The summed E-state index contributed by atoms with van der Waals surface area (Å²) in [6.07, 6.45) is -5.01. The second-order valence-corrected chi connectivity index (χ2v) is 6.87. The van der Waals surface area contributed by atoms with Crippen LogP contribution < -0.4 is 0 Å². The van der Waals surface area contributed by atoms with Crippen molar-refractivity contribution < 1.29 is 26.3 Å². The molecule has 4 nitrogen and oxygen atoms in total. The molecule has 0 aliphatic rings. The minimum atomic E-state index is -4.55. The Kier molecular flexibility index (Phi) is 6.83. The van der Waals surface area contributed by atoms with Crippen LogP contribution in [0.15, 0.2) is 60.9 Å². The summed E-state index contributed by atoms with van der Waals surface area (Å²) < 4.78 is 76.3. The Morgan fingerprint density at radius 3 is 1.38 bits per heavy atom. The molecule has 0 aliphatic heterocycles. The Morgan fingerprint density at radius 2 is 1.09 bits per heavy atom. The topological polar surface area (TPSA) is 73.4 Å². The van der Waals surface area contributed by atoms with Crippen molar-refractivity contribution in [2.45, 2.75) is 12.4 Å². The molecule has 2 heterocycles. The third-order valence-electron chi connectivity index (χ3n) is 4.51. The number of rotatable bonds is 4. The molecule has 3 rings (SSSR count). The Bertz CT molecular complexity index is 1220. The lowest BCUT2D eigenvalue weighted by Gasteiger charge is -2.07. The predicted octanol–water partition coefficient (Wildman–Crippen LogP) is 6.64. The molecule has 0 N–H and O–H groups in total. The zero-order valence-electron chi connectivity index (χ0n) is 17.0. The minimum absolute atomic E-state index is 0.0137. The first-order chi connectivity index (χ1) is 16.0. The molecule has 0 saturated carbocycles. The van der Waals surface area contributed by atoms with E-state index in [2.05, 4.69) is 9.97 Å². The minimum Gasteiger partial charge on any atom is -0.255 e. The summed E-state index contributed by atoms with van der Waals surface area (Å²) in [7, 11) is 0. The summed E-state index contributed by atoms with van der Waals surface area (Å²) >= 11 is 0. The Labute approximate surface area is 189 Å². The number of nitriles is 2. The van der Waals surface area contributed by atoms with E-state index in [1.54, 1.807) is 24.3 Å². The number of hydrogen-bond acceptors (Lipinski definition) is 4. The van der Waals surface area contributed by atoms with E-state index < -0.39 is 23.5 Å². The fourth-order valence-corrected chi connectivity index (χ4v) is 2.84. The van der Waals surface area contributed by atoms with Crippen molar-refractivity contribution >= 4 is 23.3 Å². The highest BCUT2D eigenvalue weighted by Crippen LogP contribution is 2.30. The molecule has 170 valence electrons. The van der Waals surface area contributed by atoms with Gasteiger partial charge < -0.3 is 0 Å². The average Bonchev–Trinajstić information content (AvgIpc) is 2.80. The Morgan fingerprint density at radius 1 is 0.676 bits per heavy atom. The molecule has 0 aliphatic carbocycles. The lowest BCUT2D eigenvalue weighted by atomic mass is 10.0. The van der Waals surface area contributed by atoms with Gasteiger partial charge in [0.2, 0.25) is 0 Å². The first-order valence-corrected chi connectivity index (χ1v) is 9.42. The monoisotopic (exact) mass is 470 g/mol. The summed E-state index contributed by atoms with van der Waals surface area (Å²) in [5, 5.41) is 18.9. The highest BCUT2D eigenvalue weighted by molar-refractivity contribution is 5.90. The first kappa shape index (κ1) is 24.2. The summed E-state index contributed by atoms with van der Waals surface area (Å²) in [5.41, 5.74) is -0.789. The number of halogens is 6. The standard InChI is InChI=1S/C24H12F6N4/c25-23(26,27)19-4-6-21(33-13-19)17(11-31)9-15-2-1-3-16(8-15)10-18(12-32)22-7-5-20(14-34-22)24(28,29)30/h1-10,13-14H/b17-9+,18-10+. The van der Waals surface area contributed by atoms with E-state index in [0.29, 0.717) is 23.5 Å². The molecular formula is C24H12F6N4. The van der Waals surface area contributed by atoms with Gasteiger partial charge in [0.1, 0.15) is 12.1 Å². The van der Waals surface area contributed by atoms with Crippen molar-refractivity contribution in [2.75, 3.05) is 0 Å². The van der Waals surface area contributed by atoms with Crippen LogP contribution in [0.25, 0.3) is 23.3 Å². The lowest BCUT2D eigenvalue weighted by Crippen LogP contribution is -2.05. The number of hydrogen-bond donors (Lipinski definition) is 0. The quantitative estimate of drug-likeness (QED) is 0.316. The Hall–Kier alpha value is -4.44. The summed E-state index contributed by atoms with van der Waals surface area (Å²) in [5.74, 6) is 0. The van der Waals surface area contributed by atoms with E-state index in [1.165, 1.54) is 12.2 Å². The molecular weight excluding hydrogens is 458 g/mol. The van der Waals surface area contributed by atoms with Crippen LogP contribution >= 0.6 is 0 Å². The van der Waals surface area contributed by atoms with Gasteiger partial charge >= 0.3 is 12.4 Å². The van der Waals surface area contributed by atoms with Gasteiger partial charge in [0.05, 0.1) is 33.7 Å². The van der Waals surface area contributed by atoms with Crippen LogP contribution in [0, 0.1) is 22.7 Å². The van der Waals surface area contributed by atoms with E-state index >= 15 is 0 Å². The molecule has 2 aromatic heterocycles. The van der Waals surface area contributed by atoms with Gasteiger partial charge in [0.25, 0.3) is 0 Å². The van der Waals surface area contributed by atoms with Gasteiger partial charge in [-0.25, -0.2) is 0 Å². The molecule has 0 saturated heterocycles. The summed E-state index contributed by atoms with van der Waals surface area (Å²) in [6.45, 7) is 0. The number of alkyl halides is 6. The van der Waals surface area contributed by atoms with Crippen molar-refractivity contribution in [3.05, 3.63) is 94.6 Å². The van der Waals surface area contributed by atoms with E-state index in [0.717, 1.165) is 24.3 Å². The van der Waals surface area contributed by atoms with Gasteiger partial charge in [-0.1, -0.05) is 18.2 Å². The molecule has 0 atom stereocenters. The highest BCUT2D eigenvalue weighted by atomic mass is 19.4. The number of nitrogens with zero attached hydrogens (tertiary/aromatic N) is 4. The van der Waals surface area contributed by atoms with Gasteiger partial charge in [0.15, 0.2) is 0 Å². The van der Waals surface area contributed by atoms with E-state index in [-0.39, 0.29) is 22.5 Å².